The van der Waals surface area contributed by atoms with Gasteiger partial charge in [0.2, 0.25) is 0 Å². The monoisotopic (exact) mass is 276 g/mol. The maximum atomic E-state index is 6.10. The van der Waals surface area contributed by atoms with Crippen LogP contribution in [0.4, 0.5) is 0 Å². The molecule has 0 amide bonds. The molecule has 0 aliphatic rings. The summed E-state index contributed by atoms with van der Waals surface area (Å²) in [5.74, 6) is 1.39. The van der Waals surface area contributed by atoms with Gasteiger partial charge >= 0.3 is 0 Å². The molecule has 0 aliphatic heterocycles. The van der Waals surface area contributed by atoms with Crippen LogP contribution in [0.5, 0.6) is 5.75 Å². The lowest BCUT2D eigenvalue weighted by Crippen LogP contribution is -2.11. The summed E-state index contributed by atoms with van der Waals surface area (Å²) in [5.41, 5.74) is 1.38. The number of benzene rings is 2. The Balaban J connectivity index is 2.23. The molecule has 2 rings (SSSR count). The smallest absolute Gasteiger partial charge is 0.124 e. The Morgan fingerprint density at radius 1 is 1.05 bits per heavy atom. The van der Waals surface area contributed by atoms with Gasteiger partial charge in [-0.15, -0.1) is 11.6 Å². The largest absolute Gasteiger partial charge is 0.493 e. The molecule has 2 heteroatoms. The molecule has 0 spiro atoms. The number of alkyl halides is 1. The van der Waals surface area contributed by atoms with E-state index in [1.807, 2.05) is 18.2 Å². The Morgan fingerprint density at radius 3 is 2.47 bits per heavy atom. The molecule has 2 aromatic rings. The molecule has 0 bridgehead atoms. The Labute approximate surface area is 120 Å². The summed E-state index contributed by atoms with van der Waals surface area (Å²) in [4.78, 5) is 0. The molecule has 0 aliphatic carbocycles. The van der Waals surface area contributed by atoms with Gasteiger partial charge in [0.15, 0.2) is 0 Å². The first-order chi connectivity index (χ1) is 9.01. The van der Waals surface area contributed by atoms with E-state index in [4.69, 9.17) is 16.3 Å². The summed E-state index contributed by atoms with van der Waals surface area (Å²) in [6.07, 6.45) is 1.03. The minimum atomic E-state index is 0.290. The first-order valence-electron chi connectivity index (χ1n) is 6.71. The van der Waals surface area contributed by atoms with Crippen molar-refractivity contribution >= 4 is 22.4 Å². The minimum absolute atomic E-state index is 0.290. The van der Waals surface area contributed by atoms with Gasteiger partial charge in [-0.2, -0.15) is 0 Å². The lowest BCUT2D eigenvalue weighted by Gasteiger charge is -2.19. The van der Waals surface area contributed by atoms with Gasteiger partial charge in [0, 0.05) is 5.56 Å². The molecular formula is C17H21ClO. The lowest BCUT2D eigenvalue weighted by atomic mass is 9.93. The fourth-order valence-corrected chi connectivity index (χ4v) is 2.33. The zero-order valence-electron chi connectivity index (χ0n) is 11.9. The summed E-state index contributed by atoms with van der Waals surface area (Å²) in [7, 11) is 0. The third-order valence-electron chi connectivity index (χ3n) is 3.24. The van der Waals surface area contributed by atoms with Crippen LogP contribution in [-0.4, -0.2) is 6.61 Å². The number of halogens is 1. The van der Waals surface area contributed by atoms with E-state index in [1.165, 1.54) is 10.8 Å². The van der Waals surface area contributed by atoms with E-state index in [2.05, 4.69) is 39.0 Å². The average Bonchev–Trinajstić information content (AvgIpc) is 2.37. The van der Waals surface area contributed by atoms with E-state index < -0.39 is 0 Å². The Bertz CT molecular complexity index is 555. The number of hydrogen-bond donors (Lipinski definition) is 0. The number of fused-ring (bicyclic) bond motifs is 1. The van der Waals surface area contributed by atoms with Crippen LogP contribution in [0.2, 0.25) is 0 Å². The summed E-state index contributed by atoms with van der Waals surface area (Å²) in [5, 5.41) is 2.40. The summed E-state index contributed by atoms with van der Waals surface area (Å²) in [6, 6.07) is 12.4. The van der Waals surface area contributed by atoms with E-state index in [0.29, 0.717) is 5.88 Å². The zero-order chi connectivity index (χ0) is 13.9. The molecule has 0 heterocycles. The molecule has 2 aromatic carbocycles. The average molecular weight is 277 g/mol. The van der Waals surface area contributed by atoms with Crippen LogP contribution in [0.3, 0.4) is 0 Å². The molecule has 1 nitrogen and oxygen atoms in total. The van der Waals surface area contributed by atoms with Gasteiger partial charge in [0.25, 0.3) is 0 Å². The molecule has 19 heavy (non-hydrogen) atoms. The number of hydrogen-bond acceptors (Lipinski definition) is 1. The summed E-state index contributed by atoms with van der Waals surface area (Å²) in [6.45, 7) is 7.39. The lowest BCUT2D eigenvalue weighted by molar-refractivity contribution is 0.242. The molecule has 102 valence electrons. The summed E-state index contributed by atoms with van der Waals surface area (Å²) >= 11 is 6.10. The van der Waals surface area contributed by atoms with Gasteiger partial charge in [-0.25, -0.2) is 0 Å². The van der Waals surface area contributed by atoms with Crippen molar-refractivity contribution in [3.05, 3.63) is 42.0 Å². The van der Waals surface area contributed by atoms with Crippen molar-refractivity contribution in [2.75, 3.05) is 6.61 Å². The Hall–Kier alpha value is -1.21. The second-order valence-corrected chi connectivity index (χ2v) is 6.32. The van der Waals surface area contributed by atoms with Crippen molar-refractivity contribution in [1.82, 2.24) is 0 Å². The van der Waals surface area contributed by atoms with E-state index in [9.17, 15) is 0 Å². The van der Waals surface area contributed by atoms with E-state index in [0.717, 1.165) is 24.3 Å². The zero-order valence-corrected chi connectivity index (χ0v) is 12.6. The van der Waals surface area contributed by atoms with Gasteiger partial charge in [-0.05, 0) is 28.7 Å². The second-order valence-electron chi connectivity index (χ2n) is 6.06. The van der Waals surface area contributed by atoms with Gasteiger partial charge in [0.1, 0.15) is 5.75 Å². The minimum Gasteiger partial charge on any atom is -0.493 e. The van der Waals surface area contributed by atoms with E-state index in [1.54, 1.807) is 0 Å². The maximum absolute atomic E-state index is 6.10. The Morgan fingerprint density at radius 2 is 1.79 bits per heavy atom. The van der Waals surface area contributed by atoms with Crippen molar-refractivity contribution in [3.8, 4) is 5.75 Å². The van der Waals surface area contributed by atoms with Crippen LogP contribution in [0.25, 0.3) is 10.8 Å². The van der Waals surface area contributed by atoms with E-state index >= 15 is 0 Å². The van der Waals surface area contributed by atoms with Crippen LogP contribution < -0.4 is 4.74 Å². The first-order valence-corrected chi connectivity index (χ1v) is 7.24. The van der Waals surface area contributed by atoms with Crippen molar-refractivity contribution in [1.29, 1.82) is 0 Å². The quantitative estimate of drug-likeness (QED) is 0.680. The number of rotatable bonds is 4. The predicted molar refractivity (Wildman–Crippen MR) is 83.1 cm³/mol. The maximum Gasteiger partial charge on any atom is 0.124 e. The van der Waals surface area contributed by atoms with Gasteiger partial charge < -0.3 is 4.74 Å². The highest BCUT2D eigenvalue weighted by molar-refractivity contribution is 6.18. The highest BCUT2D eigenvalue weighted by Gasteiger charge is 2.12. The summed E-state index contributed by atoms with van der Waals surface area (Å²) < 4.78 is 5.93. The SMILES string of the molecule is CC(C)(C)CCOc1ccc2ccccc2c1CCl. The molecule has 0 radical (unpaired) electrons. The van der Waals surface area contributed by atoms with Crippen molar-refractivity contribution in [2.24, 2.45) is 5.41 Å². The van der Waals surface area contributed by atoms with Crippen molar-refractivity contribution < 1.29 is 4.74 Å². The van der Waals surface area contributed by atoms with Crippen LogP contribution in [-0.2, 0) is 5.88 Å². The Kier molecular flexibility index (Phi) is 4.36. The molecule has 0 fully saturated rings. The molecule has 0 unspecified atom stereocenters. The number of ether oxygens (including phenoxy) is 1. The van der Waals surface area contributed by atoms with Crippen LogP contribution >= 0.6 is 11.6 Å². The van der Waals surface area contributed by atoms with E-state index in [-0.39, 0.29) is 5.41 Å². The topological polar surface area (TPSA) is 9.23 Å². The second kappa shape index (κ2) is 5.83. The van der Waals surface area contributed by atoms with Crippen LogP contribution in [0, 0.1) is 5.41 Å². The molecule has 0 aromatic heterocycles. The molecule has 0 saturated heterocycles. The van der Waals surface area contributed by atoms with Crippen LogP contribution in [0.1, 0.15) is 32.8 Å². The highest BCUT2D eigenvalue weighted by Crippen LogP contribution is 2.30. The highest BCUT2D eigenvalue weighted by atomic mass is 35.5. The third-order valence-corrected chi connectivity index (χ3v) is 3.51. The molecule has 0 N–H and O–H groups in total. The molecule has 0 saturated carbocycles. The van der Waals surface area contributed by atoms with Crippen molar-refractivity contribution in [3.63, 3.8) is 0 Å². The van der Waals surface area contributed by atoms with Gasteiger partial charge in [0.05, 0.1) is 12.5 Å². The molecule has 0 atom stereocenters. The third kappa shape index (κ3) is 3.63. The fraction of sp³-hybridized carbons (Fsp3) is 0.412. The predicted octanol–water partition coefficient (Wildman–Crippen LogP) is 5.39. The first kappa shape index (κ1) is 14.2. The normalized spacial score (nSPS) is 11.8. The fourth-order valence-electron chi connectivity index (χ4n) is 2.06. The van der Waals surface area contributed by atoms with Crippen molar-refractivity contribution in [2.45, 2.75) is 33.1 Å². The van der Waals surface area contributed by atoms with Gasteiger partial charge in [-0.3, -0.25) is 0 Å². The molecular weight excluding hydrogens is 256 g/mol. The van der Waals surface area contributed by atoms with Gasteiger partial charge in [-0.1, -0.05) is 51.1 Å². The van der Waals surface area contributed by atoms with Crippen LogP contribution in [0.15, 0.2) is 36.4 Å². The standard InChI is InChI=1S/C17H21ClO/c1-17(2,3)10-11-19-16-9-8-13-6-4-5-7-14(13)15(16)12-18/h4-9H,10-12H2,1-3H3.